The molecule has 0 aliphatic carbocycles. The Bertz CT molecular complexity index is 870. The molecule has 0 amide bonds. The summed E-state index contributed by atoms with van der Waals surface area (Å²) < 4.78 is 27.6. The minimum atomic E-state index is -0.768. The Morgan fingerprint density at radius 1 is 0.596 bits per heavy atom. The van der Waals surface area contributed by atoms with E-state index in [1.807, 2.05) is 0 Å². The van der Waals surface area contributed by atoms with E-state index in [9.17, 15) is 24.9 Å². The SMILES string of the molecule is CCCCCC1OC1CC(O)C(CCCCCCCC(=O)OC)OC(=O)CCCCCCCC(O)C(O)CC1OC1CC1OC1CC. The van der Waals surface area contributed by atoms with Crippen molar-refractivity contribution in [1.82, 2.24) is 0 Å². The van der Waals surface area contributed by atoms with E-state index in [1.54, 1.807) is 0 Å². The lowest BCUT2D eigenvalue weighted by atomic mass is 9.99. The molecule has 274 valence electrons. The van der Waals surface area contributed by atoms with Crippen molar-refractivity contribution >= 4 is 11.9 Å². The zero-order valence-corrected chi connectivity index (χ0v) is 29.5. The number of rotatable bonds is 30. The van der Waals surface area contributed by atoms with Crippen molar-refractivity contribution in [2.45, 2.75) is 216 Å². The number of esters is 2. The molecular weight excluding hydrogens is 604 g/mol. The molecule has 0 bridgehead atoms. The first-order chi connectivity index (χ1) is 22.7. The first-order valence-electron chi connectivity index (χ1n) is 19.0. The van der Waals surface area contributed by atoms with Gasteiger partial charge in [0.25, 0.3) is 0 Å². The van der Waals surface area contributed by atoms with Crippen LogP contribution in [0, 0.1) is 0 Å². The minimum Gasteiger partial charge on any atom is -0.469 e. The molecule has 10 atom stereocenters. The van der Waals surface area contributed by atoms with Gasteiger partial charge in [-0.05, 0) is 44.9 Å². The lowest BCUT2D eigenvalue weighted by molar-refractivity contribution is -0.156. The Balaban J connectivity index is 1.24. The van der Waals surface area contributed by atoms with Crippen molar-refractivity contribution in [3.05, 3.63) is 0 Å². The van der Waals surface area contributed by atoms with Gasteiger partial charge < -0.3 is 39.0 Å². The van der Waals surface area contributed by atoms with Crippen LogP contribution in [-0.2, 0) is 33.3 Å². The van der Waals surface area contributed by atoms with Crippen molar-refractivity contribution in [2.24, 2.45) is 0 Å². The molecule has 3 aliphatic rings. The van der Waals surface area contributed by atoms with E-state index in [1.165, 1.54) is 20.0 Å². The highest BCUT2D eigenvalue weighted by molar-refractivity contribution is 5.69. The average Bonchev–Trinajstić information content (AvgIpc) is 4.00. The van der Waals surface area contributed by atoms with Crippen LogP contribution in [0.2, 0.25) is 0 Å². The maximum atomic E-state index is 12.7. The maximum absolute atomic E-state index is 12.7. The Labute approximate surface area is 283 Å². The number of unbranched alkanes of at least 4 members (excludes halogenated alkanes) is 10. The third kappa shape index (κ3) is 16.8. The van der Waals surface area contributed by atoms with Gasteiger partial charge in [0, 0.05) is 32.1 Å². The summed E-state index contributed by atoms with van der Waals surface area (Å²) in [6.45, 7) is 4.30. The van der Waals surface area contributed by atoms with Crippen molar-refractivity contribution in [3.8, 4) is 0 Å². The number of hydrogen-bond donors (Lipinski definition) is 3. The molecule has 3 fully saturated rings. The summed E-state index contributed by atoms with van der Waals surface area (Å²) >= 11 is 0. The molecule has 10 nitrogen and oxygen atoms in total. The van der Waals surface area contributed by atoms with Crippen molar-refractivity contribution in [2.75, 3.05) is 7.11 Å². The predicted molar refractivity (Wildman–Crippen MR) is 179 cm³/mol. The van der Waals surface area contributed by atoms with E-state index in [2.05, 4.69) is 13.8 Å². The van der Waals surface area contributed by atoms with Gasteiger partial charge in [-0.1, -0.05) is 78.1 Å². The first kappa shape index (κ1) is 40.1. The van der Waals surface area contributed by atoms with E-state index in [4.69, 9.17) is 23.7 Å². The third-order valence-corrected chi connectivity index (χ3v) is 10.1. The van der Waals surface area contributed by atoms with Crippen LogP contribution < -0.4 is 0 Å². The molecule has 3 rings (SSSR count). The molecule has 3 saturated heterocycles. The summed E-state index contributed by atoms with van der Waals surface area (Å²) in [5.74, 6) is -0.441. The van der Waals surface area contributed by atoms with Gasteiger partial charge in [0.15, 0.2) is 0 Å². The monoisotopic (exact) mass is 670 g/mol. The predicted octanol–water partition coefficient (Wildman–Crippen LogP) is 6.08. The van der Waals surface area contributed by atoms with Gasteiger partial charge >= 0.3 is 11.9 Å². The number of epoxide rings is 3. The second kappa shape index (κ2) is 22.4. The van der Waals surface area contributed by atoms with Crippen LogP contribution in [-0.4, -0.2) is 95.4 Å². The fourth-order valence-corrected chi connectivity index (χ4v) is 6.74. The zero-order valence-electron chi connectivity index (χ0n) is 29.5. The fourth-order valence-electron chi connectivity index (χ4n) is 6.74. The van der Waals surface area contributed by atoms with Crippen LogP contribution >= 0.6 is 0 Å². The summed E-state index contributed by atoms with van der Waals surface area (Å²) in [7, 11) is 1.41. The number of carbonyl (C=O) groups excluding carboxylic acids is 2. The van der Waals surface area contributed by atoms with Crippen LogP contribution in [0.15, 0.2) is 0 Å². The van der Waals surface area contributed by atoms with Gasteiger partial charge in [-0.2, -0.15) is 0 Å². The summed E-state index contributed by atoms with van der Waals surface area (Å²) in [4.78, 5) is 24.0. The zero-order chi connectivity index (χ0) is 34.0. The highest BCUT2D eigenvalue weighted by Gasteiger charge is 2.48. The third-order valence-electron chi connectivity index (χ3n) is 10.1. The van der Waals surface area contributed by atoms with Gasteiger partial charge in [0.2, 0.25) is 0 Å². The maximum Gasteiger partial charge on any atom is 0.306 e. The number of carbonyl (C=O) groups is 2. The molecule has 10 heteroatoms. The van der Waals surface area contributed by atoms with E-state index in [-0.39, 0.29) is 36.4 Å². The molecule has 0 aromatic rings. The van der Waals surface area contributed by atoms with Gasteiger partial charge in [-0.25, -0.2) is 0 Å². The smallest absolute Gasteiger partial charge is 0.306 e. The Hall–Kier alpha value is -1.30. The minimum absolute atomic E-state index is 0.0284. The van der Waals surface area contributed by atoms with Gasteiger partial charge in [-0.3, -0.25) is 9.59 Å². The molecule has 3 N–H and O–H groups in total. The molecule has 3 aliphatic heterocycles. The summed E-state index contributed by atoms with van der Waals surface area (Å²) in [6.07, 6.45) is 16.5. The molecular formula is C37H66O10. The molecule has 0 spiro atoms. The van der Waals surface area contributed by atoms with Crippen LogP contribution in [0.3, 0.4) is 0 Å². The van der Waals surface area contributed by atoms with Crippen molar-refractivity contribution in [1.29, 1.82) is 0 Å². The van der Waals surface area contributed by atoms with Gasteiger partial charge in [0.1, 0.15) is 6.10 Å². The topological polar surface area (TPSA) is 151 Å². The lowest BCUT2D eigenvalue weighted by Crippen LogP contribution is -2.32. The van der Waals surface area contributed by atoms with Crippen LogP contribution in [0.4, 0.5) is 0 Å². The van der Waals surface area contributed by atoms with Crippen molar-refractivity contribution < 1.29 is 48.6 Å². The average molecular weight is 671 g/mol. The molecule has 0 aromatic heterocycles. The quantitative estimate of drug-likeness (QED) is 0.0466. The second-order valence-electron chi connectivity index (χ2n) is 14.2. The Morgan fingerprint density at radius 2 is 1.15 bits per heavy atom. The van der Waals surface area contributed by atoms with E-state index in [0.717, 1.165) is 89.9 Å². The second-order valence-corrected chi connectivity index (χ2v) is 14.2. The Morgan fingerprint density at radius 3 is 1.81 bits per heavy atom. The standard InChI is InChI=1S/C37H66O10/c1-4-6-13-20-31-32(45-31)24-28(40)30(19-15-10-8-11-16-21-36(41)43-3)47-37(42)22-17-12-7-9-14-18-26(38)27(39)23-33-35(46-33)25-34-29(5-2)44-34/h26-35,38-40H,4-25H2,1-3H3. The number of aliphatic hydroxyl groups excluding tert-OH is 3. The summed E-state index contributed by atoms with van der Waals surface area (Å²) in [6, 6.07) is 0. The highest BCUT2D eigenvalue weighted by Crippen LogP contribution is 2.38. The summed E-state index contributed by atoms with van der Waals surface area (Å²) in [5, 5.41) is 31.8. The molecule has 0 radical (unpaired) electrons. The number of methoxy groups -OCH3 is 1. The molecule has 0 saturated carbocycles. The number of aliphatic hydroxyl groups is 3. The normalized spacial score (nSPS) is 27.1. The van der Waals surface area contributed by atoms with Gasteiger partial charge in [0.05, 0.1) is 62.0 Å². The molecule has 10 unspecified atom stereocenters. The fraction of sp³-hybridized carbons (Fsp3) is 0.946. The number of hydrogen-bond acceptors (Lipinski definition) is 10. The molecule has 47 heavy (non-hydrogen) atoms. The largest absolute Gasteiger partial charge is 0.469 e. The van der Waals surface area contributed by atoms with Crippen LogP contribution in [0.1, 0.15) is 155 Å². The highest BCUT2D eigenvalue weighted by atomic mass is 16.6. The Kier molecular flexibility index (Phi) is 19.1. The van der Waals surface area contributed by atoms with Gasteiger partial charge in [-0.15, -0.1) is 0 Å². The van der Waals surface area contributed by atoms with Crippen LogP contribution in [0.5, 0.6) is 0 Å². The van der Waals surface area contributed by atoms with Crippen LogP contribution in [0.25, 0.3) is 0 Å². The van der Waals surface area contributed by atoms with E-state index < -0.39 is 24.4 Å². The lowest BCUT2D eigenvalue weighted by Gasteiger charge is -2.23. The van der Waals surface area contributed by atoms with Crippen molar-refractivity contribution in [3.63, 3.8) is 0 Å². The molecule has 3 heterocycles. The van der Waals surface area contributed by atoms with E-state index in [0.29, 0.717) is 50.7 Å². The summed E-state index contributed by atoms with van der Waals surface area (Å²) in [5.41, 5.74) is 0. The first-order valence-corrected chi connectivity index (χ1v) is 19.0. The number of ether oxygens (including phenoxy) is 5. The molecule has 0 aromatic carbocycles. The van der Waals surface area contributed by atoms with E-state index >= 15 is 0 Å².